The normalized spacial score (nSPS) is 13.1. The summed E-state index contributed by atoms with van der Waals surface area (Å²) in [6.07, 6.45) is 1.24. The Kier molecular flexibility index (Phi) is 2.70. The summed E-state index contributed by atoms with van der Waals surface area (Å²) in [5.41, 5.74) is 7.90. The third kappa shape index (κ3) is 1.95. The van der Waals surface area contributed by atoms with Crippen LogP contribution in [0.15, 0.2) is 24.3 Å². The molecular weight excluding hydrogens is 245 g/mol. The molecule has 0 saturated heterocycles. The van der Waals surface area contributed by atoms with Gasteiger partial charge in [0.25, 0.3) is 0 Å². The molecule has 0 radical (unpaired) electrons. The van der Waals surface area contributed by atoms with E-state index in [-0.39, 0.29) is 11.8 Å². The van der Waals surface area contributed by atoms with Crippen LogP contribution in [-0.4, -0.2) is 22.3 Å². The molecule has 0 amide bonds. The Bertz CT molecular complexity index is 646. The maximum atomic E-state index is 13.7. The second-order valence-corrected chi connectivity index (χ2v) is 4.52. The van der Waals surface area contributed by atoms with Gasteiger partial charge in [-0.05, 0) is 18.1 Å². The van der Waals surface area contributed by atoms with Crippen molar-refractivity contribution in [2.75, 3.05) is 11.9 Å². The monoisotopic (exact) mass is 259 g/mol. The molecule has 5 nitrogen and oxygen atoms in total. The van der Waals surface area contributed by atoms with Gasteiger partial charge in [-0.2, -0.15) is 9.78 Å². The lowest BCUT2D eigenvalue weighted by atomic mass is 10.1. The van der Waals surface area contributed by atoms with E-state index in [1.807, 2.05) is 0 Å². The zero-order chi connectivity index (χ0) is 13.4. The Morgan fingerprint density at radius 1 is 1.47 bits per heavy atom. The molecule has 1 aliphatic rings. The largest absolute Gasteiger partial charge is 0.369 e. The summed E-state index contributed by atoms with van der Waals surface area (Å²) in [6, 6.07) is 6.66. The zero-order valence-corrected chi connectivity index (χ0v) is 10.3. The lowest BCUT2D eigenvalue weighted by molar-refractivity contribution is 0.612. The number of nitrogens with two attached hydrogens (primary N) is 1. The molecule has 1 aromatic carbocycles. The van der Waals surface area contributed by atoms with Crippen LogP contribution in [0.4, 0.5) is 10.2 Å². The second kappa shape index (κ2) is 4.38. The molecule has 0 spiro atoms. The van der Waals surface area contributed by atoms with Gasteiger partial charge in [0.2, 0.25) is 5.96 Å². The van der Waals surface area contributed by atoms with E-state index in [0.29, 0.717) is 12.0 Å². The Labute approximate surface area is 109 Å². The Morgan fingerprint density at radius 2 is 2.26 bits per heavy atom. The molecule has 0 atom stereocenters. The smallest absolute Gasteiger partial charge is 0.215 e. The first-order valence-electron chi connectivity index (χ1n) is 6.09. The first-order valence-corrected chi connectivity index (χ1v) is 6.09. The van der Waals surface area contributed by atoms with Crippen molar-refractivity contribution in [1.29, 1.82) is 5.41 Å². The third-order valence-electron chi connectivity index (χ3n) is 3.28. The first-order chi connectivity index (χ1) is 9.16. The Hall–Kier alpha value is -2.37. The number of aromatic nitrogens is 2. The maximum Gasteiger partial charge on any atom is 0.215 e. The van der Waals surface area contributed by atoms with Crippen LogP contribution in [-0.2, 0) is 12.8 Å². The van der Waals surface area contributed by atoms with Gasteiger partial charge >= 0.3 is 0 Å². The zero-order valence-electron chi connectivity index (χ0n) is 10.3. The van der Waals surface area contributed by atoms with Crippen LogP contribution in [0.2, 0.25) is 0 Å². The highest BCUT2D eigenvalue weighted by Gasteiger charge is 2.23. The van der Waals surface area contributed by atoms with E-state index in [2.05, 4.69) is 10.4 Å². The number of hydrogen-bond acceptors (Lipinski definition) is 3. The minimum Gasteiger partial charge on any atom is -0.369 e. The van der Waals surface area contributed by atoms with Crippen molar-refractivity contribution in [2.45, 2.75) is 12.8 Å². The summed E-state index contributed by atoms with van der Waals surface area (Å²) in [4.78, 5) is 0. The molecule has 98 valence electrons. The number of rotatable bonds is 2. The highest BCUT2D eigenvalue weighted by atomic mass is 19.1. The molecule has 3 rings (SSSR count). The lowest BCUT2D eigenvalue weighted by Gasteiger charge is -2.03. The van der Waals surface area contributed by atoms with Crippen molar-refractivity contribution in [3.8, 4) is 0 Å². The van der Waals surface area contributed by atoms with E-state index in [1.165, 1.54) is 10.7 Å². The number of anilines is 1. The topological polar surface area (TPSA) is 79.7 Å². The van der Waals surface area contributed by atoms with Crippen molar-refractivity contribution in [3.05, 3.63) is 46.9 Å². The second-order valence-electron chi connectivity index (χ2n) is 4.52. The predicted molar refractivity (Wildman–Crippen MR) is 70.9 cm³/mol. The maximum absolute atomic E-state index is 13.7. The third-order valence-corrected chi connectivity index (χ3v) is 3.28. The summed E-state index contributed by atoms with van der Waals surface area (Å²) < 4.78 is 15.0. The number of benzene rings is 1. The number of halogens is 1. The van der Waals surface area contributed by atoms with E-state index in [1.54, 1.807) is 18.2 Å². The minimum atomic E-state index is -0.236. The number of fused-ring (bicyclic) bond motifs is 1. The van der Waals surface area contributed by atoms with Crippen LogP contribution in [0, 0.1) is 11.2 Å². The van der Waals surface area contributed by atoms with Gasteiger partial charge < -0.3 is 11.1 Å². The predicted octanol–water partition coefficient (Wildman–Crippen LogP) is 1.32. The first kappa shape index (κ1) is 11.7. The standard InChI is InChI=1S/C13H14FN5/c14-10-4-2-1-3-8(10)7-11-9-5-6-17-12(9)19(18-11)13(15)16/h1-4,17H,5-7H2,(H3,15,16). The molecule has 19 heavy (non-hydrogen) atoms. The summed E-state index contributed by atoms with van der Waals surface area (Å²) in [5.74, 6) is 0.392. The van der Waals surface area contributed by atoms with E-state index >= 15 is 0 Å². The van der Waals surface area contributed by atoms with Crippen LogP contribution >= 0.6 is 0 Å². The summed E-state index contributed by atoms with van der Waals surface area (Å²) in [5, 5.41) is 15.0. The number of nitrogens with one attached hydrogen (secondary N) is 2. The molecule has 2 aromatic rings. The summed E-state index contributed by atoms with van der Waals surface area (Å²) in [6.45, 7) is 0.796. The van der Waals surface area contributed by atoms with Crippen LogP contribution in [0.5, 0.6) is 0 Å². The average molecular weight is 259 g/mol. The summed E-state index contributed by atoms with van der Waals surface area (Å²) >= 11 is 0. The average Bonchev–Trinajstić information content (AvgIpc) is 2.95. The van der Waals surface area contributed by atoms with Crippen molar-refractivity contribution in [2.24, 2.45) is 5.73 Å². The van der Waals surface area contributed by atoms with Gasteiger partial charge in [0.1, 0.15) is 11.6 Å². The van der Waals surface area contributed by atoms with Crippen LogP contribution < -0.4 is 11.1 Å². The SMILES string of the molecule is N=C(N)n1nc(Cc2ccccc2F)c2c1NCC2. The fraction of sp³-hybridized carbons (Fsp3) is 0.231. The molecule has 0 bridgehead atoms. The molecule has 2 heterocycles. The molecule has 0 aliphatic carbocycles. The lowest BCUT2D eigenvalue weighted by Crippen LogP contribution is -2.23. The molecule has 4 N–H and O–H groups in total. The van der Waals surface area contributed by atoms with Gasteiger partial charge in [0.15, 0.2) is 0 Å². The van der Waals surface area contributed by atoms with Gasteiger partial charge in [-0.25, -0.2) is 4.39 Å². The van der Waals surface area contributed by atoms with Crippen LogP contribution in [0.3, 0.4) is 0 Å². The molecule has 1 aromatic heterocycles. The van der Waals surface area contributed by atoms with E-state index in [9.17, 15) is 4.39 Å². The fourth-order valence-corrected chi connectivity index (χ4v) is 2.38. The Balaban J connectivity index is 2.01. The molecule has 0 fully saturated rings. The van der Waals surface area contributed by atoms with Crippen molar-refractivity contribution in [3.63, 3.8) is 0 Å². The van der Waals surface area contributed by atoms with Crippen molar-refractivity contribution in [1.82, 2.24) is 9.78 Å². The molecule has 6 heteroatoms. The number of nitrogens with zero attached hydrogens (tertiary/aromatic N) is 2. The quantitative estimate of drug-likeness (QED) is 0.562. The van der Waals surface area contributed by atoms with Crippen LogP contribution in [0.1, 0.15) is 16.8 Å². The van der Waals surface area contributed by atoms with E-state index in [0.717, 1.165) is 30.0 Å². The van der Waals surface area contributed by atoms with Gasteiger partial charge in [-0.3, -0.25) is 5.41 Å². The van der Waals surface area contributed by atoms with E-state index in [4.69, 9.17) is 11.1 Å². The van der Waals surface area contributed by atoms with Gasteiger partial charge in [-0.1, -0.05) is 18.2 Å². The Morgan fingerprint density at radius 3 is 3.00 bits per heavy atom. The van der Waals surface area contributed by atoms with Crippen molar-refractivity contribution >= 4 is 11.8 Å². The van der Waals surface area contributed by atoms with Crippen LogP contribution in [0.25, 0.3) is 0 Å². The molecular formula is C13H14FN5. The highest BCUT2D eigenvalue weighted by Crippen LogP contribution is 2.27. The molecule has 0 unspecified atom stereocenters. The van der Waals surface area contributed by atoms with Gasteiger partial charge in [-0.15, -0.1) is 0 Å². The van der Waals surface area contributed by atoms with Crippen molar-refractivity contribution < 1.29 is 4.39 Å². The fourth-order valence-electron chi connectivity index (χ4n) is 2.38. The highest BCUT2D eigenvalue weighted by molar-refractivity contribution is 5.81. The number of hydrogen-bond donors (Lipinski definition) is 3. The van der Waals surface area contributed by atoms with E-state index < -0.39 is 0 Å². The molecule has 0 saturated carbocycles. The summed E-state index contributed by atoms with van der Waals surface area (Å²) in [7, 11) is 0. The number of nitrogen functional groups attached to an aromatic ring is 1. The van der Waals surface area contributed by atoms with Gasteiger partial charge in [0, 0.05) is 18.5 Å². The van der Waals surface area contributed by atoms with Gasteiger partial charge in [0.05, 0.1) is 5.69 Å². The molecule has 1 aliphatic heterocycles. The minimum absolute atomic E-state index is 0.134.